The van der Waals surface area contributed by atoms with Crippen molar-refractivity contribution in [3.63, 3.8) is 0 Å². The number of alkyl halides is 3. The number of fused-ring (bicyclic) bond motifs is 1. The first-order valence-electron chi connectivity index (χ1n) is 11.9. The largest absolute Gasteiger partial charge is 0.400 e. The smallest absolute Gasteiger partial charge is 0.368 e. The molecular formula is C24H23F5N6. The molecule has 7 rings (SSSR count). The van der Waals surface area contributed by atoms with Crippen LogP contribution in [0.25, 0.3) is 5.69 Å². The number of halogens is 5. The lowest BCUT2D eigenvalue weighted by Gasteiger charge is -2.25. The van der Waals surface area contributed by atoms with Gasteiger partial charge in [-0.3, -0.25) is 4.57 Å². The second kappa shape index (κ2) is 6.82. The molecule has 2 unspecified atom stereocenters. The molecule has 3 aromatic rings. The molecule has 1 aromatic carbocycles. The van der Waals surface area contributed by atoms with Gasteiger partial charge >= 0.3 is 6.18 Å². The summed E-state index contributed by atoms with van der Waals surface area (Å²) in [5.41, 5.74) is -1.98. The van der Waals surface area contributed by atoms with E-state index in [1.54, 1.807) is 12.7 Å². The molecule has 11 heteroatoms. The zero-order chi connectivity index (χ0) is 24.3. The van der Waals surface area contributed by atoms with Gasteiger partial charge in [0.25, 0.3) is 0 Å². The molecule has 1 saturated heterocycles. The van der Waals surface area contributed by atoms with Crippen molar-refractivity contribution in [3.05, 3.63) is 53.6 Å². The fourth-order valence-electron chi connectivity index (χ4n) is 6.13. The van der Waals surface area contributed by atoms with Crippen LogP contribution in [0, 0.1) is 30.4 Å². The van der Waals surface area contributed by atoms with Crippen LogP contribution in [-0.2, 0) is 5.41 Å². The van der Waals surface area contributed by atoms with E-state index in [9.17, 15) is 13.2 Å². The maximum Gasteiger partial charge on any atom is 0.400 e. The van der Waals surface area contributed by atoms with E-state index in [0.717, 1.165) is 12.8 Å². The van der Waals surface area contributed by atoms with Gasteiger partial charge in [0.2, 0.25) is 0 Å². The van der Waals surface area contributed by atoms with Crippen molar-refractivity contribution in [1.29, 1.82) is 0 Å². The predicted octanol–water partition coefficient (Wildman–Crippen LogP) is 4.83. The normalized spacial score (nSPS) is 26.8. The average Bonchev–Trinajstić information content (AvgIpc) is 3.78. The lowest BCUT2D eigenvalue weighted by molar-refractivity contribution is -0.161. The molecule has 0 spiro atoms. The van der Waals surface area contributed by atoms with E-state index in [0.29, 0.717) is 30.7 Å². The number of imidazole rings is 1. The van der Waals surface area contributed by atoms with Gasteiger partial charge in [-0.25, -0.2) is 13.8 Å². The van der Waals surface area contributed by atoms with Gasteiger partial charge in [0.1, 0.15) is 35.4 Å². The predicted molar refractivity (Wildman–Crippen MR) is 115 cm³/mol. The first-order valence-corrected chi connectivity index (χ1v) is 11.9. The summed E-state index contributed by atoms with van der Waals surface area (Å²) in [6.07, 6.45) is 0.304. The molecular weight excluding hydrogens is 467 g/mol. The molecule has 6 nitrogen and oxygen atoms in total. The van der Waals surface area contributed by atoms with Gasteiger partial charge in [-0.2, -0.15) is 13.2 Å². The summed E-state index contributed by atoms with van der Waals surface area (Å²) in [6.45, 7) is 2.72. The summed E-state index contributed by atoms with van der Waals surface area (Å²) in [6, 6.07) is 2.91. The number of hydrogen-bond acceptors (Lipinski definition) is 4. The van der Waals surface area contributed by atoms with Crippen LogP contribution in [0.15, 0.2) is 24.8 Å². The highest BCUT2D eigenvalue weighted by Crippen LogP contribution is 2.60. The Bertz CT molecular complexity index is 1310. The summed E-state index contributed by atoms with van der Waals surface area (Å²) in [5.74, 6) is -0.660. The molecule has 2 atom stereocenters. The number of hydrogen-bond donors (Lipinski definition) is 0. The monoisotopic (exact) mass is 490 g/mol. The molecule has 4 aliphatic rings. The molecule has 0 bridgehead atoms. The Morgan fingerprint density at radius 3 is 2.23 bits per heavy atom. The van der Waals surface area contributed by atoms with Crippen molar-refractivity contribution >= 4 is 5.69 Å². The van der Waals surface area contributed by atoms with E-state index in [1.165, 1.54) is 23.6 Å². The third-order valence-electron chi connectivity index (χ3n) is 8.36. The standard InChI is InChI=1S/C24H23F5N6/c1-12-21(23(6-7-23)24(27,28)29)32-22(13-2-3-13)35(12)20-16(25)4-5-17(18(20)26)33-8-14-15(9-33)19(14)34-10-30-31-11-34/h4-5,10-11,13-15,19H,2-3,6-9H2,1H3. The minimum absolute atomic E-state index is 0.0480. The van der Waals surface area contributed by atoms with Crippen molar-refractivity contribution in [3.8, 4) is 5.69 Å². The zero-order valence-corrected chi connectivity index (χ0v) is 18.9. The number of benzene rings is 1. The SMILES string of the molecule is Cc1c(C2(C(F)(F)F)CC2)nc(C2CC2)n1-c1c(F)ccc(N2CC3C(C2)C3n2cnnc2)c1F. The molecule has 184 valence electrons. The second-order valence-electron chi connectivity index (χ2n) is 10.5. The van der Waals surface area contributed by atoms with E-state index in [-0.39, 0.29) is 47.6 Å². The van der Waals surface area contributed by atoms with E-state index in [1.807, 2.05) is 9.47 Å². The minimum atomic E-state index is -4.45. The van der Waals surface area contributed by atoms with Crippen molar-refractivity contribution < 1.29 is 22.0 Å². The van der Waals surface area contributed by atoms with Crippen molar-refractivity contribution in [1.82, 2.24) is 24.3 Å². The first kappa shape index (κ1) is 21.3. The van der Waals surface area contributed by atoms with Crippen LogP contribution in [0.5, 0.6) is 0 Å². The molecule has 2 aromatic heterocycles. The van der Waals surface area contributed by atoms with E-state index < -0.39 is 23.2 Å². The Morgan fingerprint density at radius 1 is 1.00 bits per heavy atom. The lowest BCUT2D eigenvalue weighted by atomic mass is 10.0. The maximum atomic E-state index is 16.0. The van der Waals surface area contributed by atoms with Gasteiger partial charge in [0.05, 0.1) is 11.4 Å². The molecule has 35 heavy (non-hydrogen) atoms. The number of rotatable bonds is 5. The highest BCUT2D eigenvalue weighted by atomic mass is 19.4. The van der Waals surface area contributed by atoms with Crippen molar-refractivity contribution in [2.75, 3.05) is 18.0 Å². The first-order chi connectivity index (χ1) is 16.7. The van der Waals surface area contributed by atoms with Crippen molar-refractivity contribution in [2.24, 2.45) is 11.8 Å². The summed E-state index contributed by atoms with van der Waals surface area (Å²) in [5, 5.41) is 7.70. The number of nitrogens with zero attached hydrogens (tertiary/aromatic N) is 6. The molecule has 3 saturated carbocycles. The quantitative estimate of drug-likeness (QED) is 0.481. The highest BCUT2D eigenvalue weighted by molar-refractivity contribution is 5.59. The Balaban J connectivity index is 1.27. The highest BCUT2D eigenvalue weighted by Gasteiger charge is 2.66. The van der Waals surface area contributed by atoms with Crippen LogP contribution in [0.4, 0.5) is 27.6 Å². The van der Waals surface area contributed by atoms with Gasteiger partial charge in [-0.05, 0) is 44.7 Å². The van der Waals surface area contributed by atoms with E-state index in [2.05, 4.69) is 15.2 Å². The van der Waals surface area contributed by atoms with Crippen LogP contribution in [0.2, 0.25) is 0 Å². The molecule has 4 fully saturated rings. The number of anilines is 1. The Labute approximate surface area is 197 Å². The van der Waals surface area contributed by atoms with E-state index in [4.69, 9.17) is 0 Å². The maximum absolute atomic E-state index is 16.0. The van der Waals surface area contributed by atoms with Gasteiger partial charge in [-0.15, -0.1) is 10.2 Å². The van der Waals surface area contributed by atoms with Gasteiger partial charge < -0.3 is 9.47 Å². The average molecular weight is 490 g/mol. The fraction of sp³-hybridized carbons (Fsp3) is 0.542. The summed E-state index contributed by atoms with van der Waals surface area (Å²) in [7, 11) is 0. The molecule has 0 N–H and O–H groups in total. The Hall–Kier alpha value is -2.98. The minimum Gasteiger partial charge on any atom is -0.368 e. The molecule has 3 heterocycles. The van der Waals surface area contributed by atoms with Crippen LogP contribution < -0.4 is 4.90 Å². The second-order valence-corrected chi connectivity index (χ2v) is 10.5. The summed E-state index contributed by atoms with van der Waals surface area (Å²) < 4.78 is 76.2. The Morgan fingerprint density at radius 2 is 1.66 bits per heavy atom. The van der Waals surface area contributed by atoms with Crippen LogP contribution in [-0.4, -0.2) is 43.6 Å². The summed E-state index contributed by atoms with van der Waals surface area (Å²) >= 11 is 0. The van der Waals surface area contributed by atoms with Crippen LogP contribution in [0.1, 0.15) is 54.9 Å². The van der Waals surface area contributed by atoms with E-state index >= 15 is 8.78 Å². The number of piperidine rings is 1. The van der Waals surface area contributed by atoms with Crippen molar-refractivity contribution in [2.45, 2.75) is 56.2 Å². The molecule has 0 radical (unpaired) electrons. The van der Waals surface area contributed by atoms with Crippen LogP contribution >= 0.6 is 0 Å². The lowest BCUT2D eigenvalue weighted by Crippen LogP contribution is -2.30. The van der Waals surface area contributed by atoms with Gasteiger partial charge in [-0.1, -0.05) is 0 Å². The fourth-order valence-corrected chi connectivity index (χ4v) is 6.13. The van der Waals surface area contributed by atoms with Gasteiger partial charge in [0.15, 0.2) is 5.82 Å². The molecule has 0 amide bonds. The molecule has 3 aliphatic carbocycles. The number of aromatic nitrogens is 5. The third-order valence-corrected chi connectivity index (χ3v) is 8.36. The molecule has 1 aliphatic heterocycles. The third kappa shape index (κ3) is 2.96. The Kier molecular flexibility index (Phi) is 4.15. The summed E-state index contributed by atoms with van der Waals surface area (Å²) in [4.78, 5) is 6.30. The zero-order valence-electron chi connectivity index (χ0n) is 18.9. The van der Waals surface area contributed by atoms with Gasteiger partial charge in [0, 0.05) is 42.6 Å². The van der Waals surface area contributed by atoms with Crippen LogP contribution in [0.3, 0.4) is 0 Å². The topological polar surface area (TPSA) is 51.8 Å².